The predicted molar refractivity (Wildman–Crippen MR) is 193 cm³/mol. The van der Waals surface area contributed by atoms with Gasteiger partial charge in [0.1, 0.15) is 5.82 Å². The molecule has 49 heavy (non-hydrogen) atoms. The monoisotopic (exact) mass is 777 g/mol. The lowest BCUT2D eigenvalue weighted by molar-refractivity contribution is -0.0457. The number of rotatable bonds is 5. The topological polar surface area (TPSA) is 48.0 Å². The molecular weight excluding hydrogens is 754 g/mol. The molecule has 1 saturated heterocycles. The summed E-state index contributed by atoms with van der Waals surface area (Å²) in [5.41, 5.74) is 2.17. The van der Waals surface area contributed by atoms with Crippen LogP contribution in [0.25, 0.3) is 0 Å². The third-order valence-electron chi connectivity index (χ3n) is 7.95. The molecule has 0 atom stereocenters. The first kappa shape index (κ1) is 35.6. The molecule has 7 rings (SSSR count). The second-order valence-electron chi connectivity index (χ2n) is 11.0. The van der Waals surface area contributed by atoms with Crippen molar-refractivity contribution in [3.05, 3.63) is 163 Å². The number of amides is 1. The van der Waals surface area contributed by atoms with Crippen molar-refractivity contribution in [1.82, 2.24) is 4.90 Å². The summed E-state index contributed by atoms with van der Waals surface area (Å²) in [7, 11) is 0. The van der Waals surface area contributed by atoms with Gasteiger partial charge in [-0.15, -0.1) is 0 Å². The minimum Gasteiger partial charge on any atom is -0.440 e. The Morgan fingerprint density at radius 3 is 1.55 bits per heavy atom. The van der Waals surface area contributed by atoms with Gasteiger partial charge >= 0.3 is 5.79 Å². The standard InChI is InChI=1S/C24H18Cl2FNO4.C13H8Cl4/c25-18-7-3-1-5-16(18)24(17-6-2-4-8-19(17)26)31-21-13-15(20(27)14-22(21)32-24)23(29)28-9-11-30-12-10-28;14-11-7-3-1-5-9(11)13(16,17)10-6-2-4-8-12(10)15/h1-8,13-14H,9-12H2;1-8H. The molecule has 0 radical (unpaired) electrons. The van der Waals surface area contributed by atoms with Crippen LogP contribution in [-0.2, 0) is 14.9 Å². The molecule has 5 aromatic carbocycles. The number of nitrogens with zero attached hydrogens (tertiary/aromatic N) is 1. The quantitative estimate of drug-likeness (QED) is 0.167. The van der Waals surface area contributed by atoms with Crippen LogP contribution in [0.1, 0.15) is 32.6 Å². The lowest BCUT2D eigenvalue weighted by Gasteiger charge is -2.30. The summed E-state index contributed by atoms with van der Waals surface area (Å²) < 4.78 is 31.5. The van der Waals surface area contributed by atoms with Gasteiger partial charge in [0.25, 0.3) is 5.91 Å². The number of hydrogen-bond acceptors (Lipinski definition) is 4. The number of carbonyl (C=O) groups excluding carboxylic acids is 1. The second kappa shape index (κ2) is 15.0. The van der Waals surface area contributed by atoms with E-state index < -0.39 is 21.8 Å². The largest absolute Gasteiger partial charge is 0.440 e. The average Bonchev–Trinajstić information content (AvgIpc) is 3.47. The number of halogens is 7. The van der Waals surface area contributed by atoms with Crippen molar-refractivity contribution in [3.63, 3.8) is 0 Å². The summed E-state index contributed by atoms with van der Waals surface area (Å²) in [4.78, 5) is 14.5. The zero-order valence-electron chi connectivity index (χ0n) is 25.4. The van der Waals surface area contributed by atoms with Crippen LogP contribution in [0, 0.1) is 5.82 Å². The molecule has 1 amide bonds. The van der Waals surface area contributed by atoms with Gasteiger partial charge in [0, 0.05) is 40.3 Å². The molecule has 252 valence electrons. The summed E-state index contributed by atoms with van der Waals surface area (Å²) >= 11 is 38.0. The first-order valence-corrected chi connectivity index (χ1v) is 17.3. The van der Waals surface area contributed by atoms with Crippen molar-refractivity contribution < 1.29 is 23.4 Å². The van der Waals surface area contributed by atoms with Crippen molar-refractivity contribution in [2.24, 2.45) is 0 Å². The fourth-order valence-corrected chi connectivity index (χ4v) is 7.45. The van der Waals surface area contributed by atoms with Gasteiger partial charge < -0.3 is 19.1 Å². The smallest absolute Gasteiger partial charge is 0.308 e. The zero-order valence-corrected chi connectivity index (χ0v) is 30.0. The molecule has 0 bridgehead atoms. The van der Waals surface area contributed by atoms with Gasteiger partial charge in [-0.05, 0) is 42.5 Å². The summed E-state index contributed by atoms with van der Waals surface area (Å²) in [5, 5.41) is 1.81. The Balaban J connectivity index is 0.000000207. The van der Waals surface area contributed by atoms with Crippen LogP contribution in [-0.4, -0.2) is 37.1 Å². The molecule has 12 heteroatoms. The third-order valence-corrected chi connectivity index (χ3v) is 10.1. The Labute approximate surface area is 312 Å². The van der Waals surface area contributed by atoms with Crippen LogP contribution in [0.4, 0.5) is 4.39 Å². The van der Waals surface area contributed by atoms with Crippen LogP contribution in [0.15, 0.2) is 109 Å². The maximum absolute atomic E-state index is 15.0. The number of morpholine rings is 1. The van der Waals surface area contributed by atoms with Crippen LogP contribution in [0.3, 0.4) is 0 Å². The molecule has 0 unspecified atom stereocenters. The van der Waals surface area contributed by atoms with Crippen LogP contribution in [0.5, 0.6) is 11.5 Å². The highest BCUT2D eigenvalue weighted by molar-refractivity contribution is 6.52. The summed E-state index contributed by atoms with van der Waals surface area (Å²) in [6, 6.07) is 31.0. The first-order valence-electron chi connectivity index (χ1n) is 15.0. The SMILES string of the molecule is Clc1ccccc1C(Cl)(Cl)c1ccccc1Cl.O=C(c1cc2c(cc1F)OC(c1ccccc1Cl)(c1ccccc1Cl)O2)N1CCOCC1. The molecular formula is C37H26Cl6FNO4. The Bertz CT molecular complexity index is 1910. The molecule has 0 saturated carbocycles. The number of alkyl halides is 2. The van der Waals surface area contributed by atoms with Gasteiger partial charge in [-0.3, -0.25) is 4.79 Å². The van der Waals surface area contributed by atoms with E-state index in [1.165, 1.54) is 12.1 Å². The number of hydrogen-bond donors (Lipinski definition) is 0. The van der Waals surface area contributed by atoms with E-state index in [-0.39, 0.29) is 17.1 Å². The van der Waals surface area contributed by atoms with Crippen molar-refractivity contribution >= 4 is 75.5 Å². The molecule has 5 aromatic rings. The van der Waals surface area contributed by atoms with Gasteiger partial charge in [-0.2, -0.15) is 0 Å². The lowest BCUT2D eigenvalue weighted by atomic mass is 9.97. The predicted octanol–water partition coefficient (Wildman–Crippen LogP) is 10.9. The van der Waals surface area contributed by atoms with Gasteiger partial charge in [0.15, 0.2) is 15.8 Å². The third kappa shape index (κ3) is 7.19. The molecule has 2 heterocycles. The fourth-order valence-electron chi connectivity index (χ4n) is 5.52. The highest BCUT2D eigenvalue weighted by Crippen LogP contribution is 2.51. The Hall–Kier alpha value is -3.20. The van der Waals surface area contributed by atoms with E-state index in [1.807, 2.05) is 24.3 Å². The molecule has 1 fully saturated rings. The van der Waals surface area contributed by atoms with Gasteiger partial charge in [-0.1, -0.05) is 130 Å². The summed E-state index contributed by atoms with van der Waals surface area (Å²) in [6.07, 6.45) is 0. The second-order valence-corrected chi connectivity index (χ2v) is 14.0. The van der Waals surface area contributed by atoms with E-state index in [4.69, 9.17) is 83.8 Å². The van der Waals surface area contributed by atoms with Crippen molar-refractivity contribution in [2.75, 3.05) is 26.3 Å². The number of fused-ring (bicyclic) bond motifs is 1. The summed E-state index contributed by atoms with van der Waals surface area (Å²) in [5.74, 6) is -2.28. The molecule has 5 nitrogen and oxygen atoms in total. The molecule has 0 spiro atoms. The highest BCUT2D eigenvalue weighted by atomic mass is 35.5. The van der Waals surface area contributed by atoms with Crippen molar-refractivity contribution in [1.29, 1.82) is 0 Å². The van der Waals surface area contributed by atoms with Gasteiger partial charge in [0.2, 0.25) is 0 Å². The molecule has 0 aliphatic carbocycles. The lowest BCUT2D eigenvalue weighted by Crippen LogP contribution is -2.41. The van der Waals surface area contributed by atoms with Crippen molar-refractivity contribution in [3.8, 4) is 11.5 Å². The average molecular weight is 780 g/mol. The normalized spacial score (nSPS) is 15.0. The van der Waals surface area contributed by atoms with E-state index in [1.54, 1.807) is 77.7 Å². The van der Waals surface area contributed by atoms with E-state index in [0.29, 0.717) is 68.6 Å². The number of benzene rings is 5. The van der Waals surface area contributed by atoms with Gasteiger partial charge in [-0.25, -0.2) is 4.39 Å². The maximum atomic E-state index is 15.0. The Kier molecular flexibility index (Phi) is 10.9. The fraction of sp³-hybridized carbons (Fsp3) is 0.162. The van der Waals surface area contributed by atoms with E-state index >= 15 is 0 Å². The first-order chi connectivity index (χ1) is 23.5. The molecule has 0 N–H and O–H groups in total. The van der Waals surface area contributed by atoms with Crippen LogP contribution in [0.2, 0.25) is 20.1 Å². The molecule has 2 aliphatic heterocycles. The number of carbonyl (C=O) groups is 1. The van der Waals surface area contributed by atoms with Crippen LogP contribution < -0.4 is 9.47 Å². The molecule has 0 aromatic heterocycles. The minimum absolute atomic E-state index is 0.0941. The number of ether oxygens (including phenoxy) is 3. The highest BCUT2D eigenvalue weighted by Gasteiger charge is 2.48. The zero-order chi connectivity index (χ0) is 34.8. The minimum atomic E-state index is -1.54. The van der Waals surface area contributed by atoms with Gasteiger partial charge in [0.05, 0.1) is 39.9 Å². The Morgan fingerprint density at radius 1 is 0.653 bits per heavy atom. The maximum Gasteiger partial charge on any atom is 0.308 e. The summed E-state index contributed by atoms with van der Waals surface area (Å²) in [6.45, 7) is 1.63. The molecule has 2 aliphatic rings. The van der Waals surface area contributed by atoms with Crippen molar-refractivity contribution in [2.45, 2.75) is 10.1 Å². The van der Waals surface area contributed by atoms with E-state index in [2.05, 4.69) is 0 Å². The van der Waals surface area contributed by atoms with Crippen LogP contribution >= 0.6 is 69.6 Å². The van der Waals surface area contributed by atoms with E-state index in [9.17, 15) is 9.18 Å². The Morgan fingerprint density at radius 2 is 1.08 bits per heavy atom. The van der Waals surface area contributed by atoms with E-state index in [0.717, 1.165) is 0 Å².